The van der Waals surface area contributed by atoms with Gasteiger partial charge in [0.05, 0.1) is 0 Å². The summed E-state index contributed by atoms with van der Waals surface area (Å²) in [5.74, 6) is 0. The molecule has 0 unspecified atom stereocenters. The molecule has 1 heterocycles. The van der Waals surface area contributed by atoms with E-state index in [1.54, 1.807) is 0 Å². The van der Waals surface area contributed by atoms with E-state index in [1.807, 2.05) is 0 Å². The van der Waals surface area contributed by atoms with E-state index in [-0.39, 0.29) is 17.0 Å². The lowest BCUT2D eigenvalue weighted by Crippen LogP contribution is -2.47. The molecule has 1 fully saturated rings. The molecular formula is C8H17Br3N2. The fourth-order valence-electron chi connectivity index (χ4n) is 1.48. The van der Waals surface area contributed by atoms with E-state index in [9.17, 15) is 0 Å². The fourth-order valence-corrected chi connectivity index (χ4v) is 2.48. The van der Waals surface area contributed by atoms with E-state index < -0.39 is 0 Å². The monoisotopic (exact) mass is 378 g/mol. The van der Waals surface area contributed by atoms with E-state index in [4.69, 9.17) is 0 Å². The van der Waals surface area contributed by atoms with Crippen LogP contribution >= 0.6 is 48.8 Å². The van der Waals surface area contributed by atoms with Gasteiger partial charge < -0.3 is 0 Å². The van der Waals surface area contributed by atoms with Crippen molar-refractivity contribution in [3.63, 3.8) is 0 Å². The molecule has 13 heavy (non-hydrogen) atoms. The summed E-state index contributed by atoms with van der Waals surface area (Å²) >= 11 is 6.94. The van der Waals surface area contributed by atoms with Gasteiger partial charge in [0.2, 0.25) is 0 Å². The van der Waals surface area contributed by atoms with Gasteiger partial charge in [-0.05, 0) is 0 Å². The van der Waals surface area contributed by atoms with Crippen molar-refractivity contribution in [1.29, 1.82) is 0 Å². The number of halogens is 3. The lowest BCUT2D eigenvalue weighted by atomic mass is 10.3. The van der Waals surface area contributed by atoms with E-state index >= 15 is 0 Å². The van der Waals surface area contributed by atoms with Crippen LogP contribution in [0, 0.1) is 0 Å². The minimum atomic E-state index is 0. The van der Waals surface area contributed by atoms with E-state index in [1.165, 1.54) is 39.3 Å². The van der Waals surface area contributed by atoms with Crippen LogP contribution in [-0.4, -0.2) is 59.7 Å². The first-order chi connectivity index (χ1) is 5.86. The molecule has 80 valence electrons. The molecule has 1 aliphatic rings. The molecule has 0 aromatic heterocycles. The van der Waals surface area contributed by atoms with Crippen molar-refractivity contribution in [2.45, 2.75) is 0 Å². The number of piperazine rings is 1. The van der Waals surface area contributed by atoms with Crippen LogP contribution in [0.1, 0.15) is 0 Å². The Morgan fingerprint density at radius 3 is 1.31 bits per heavy atom. The Morgan fingerprint density at radius 2 is 1.08 bits per heavy atom. The molecular weight excluding hydrogens is 364 g/mol. The Balaban J connectivity index is 0.00000144. The highest BCUT2D eigenvalue weighted by atomic mass is 79.9. The number of nitrogens with zero attached hydrogens (tertiary/aromatic N) is 2. The molecule has 0 bridgehead atoms. The van der Waals surface area contributed by atoms with Crippen molar-refractivity contribution in [3.05, 3.63) is 0 Å². The second-order valence-electron chi connectivity index (χ2n) is 3.06. The highest BCUT2D eigenvalue weighted by Gasteiger charge is 2.14. The van der Waals surface area contributed by atoms with Gasteiger partial charge in [0.25, 0.3) is 0 Å². The van der Waals surface area contributed by atoms with Crippen molar-refractivity contribution >= 4 is 48.8 Å². The minimum absolute atomic E-state index is 0. The third-order valence-corrected chi connectivity index (χ3v) is 2.98. The summed E-state index contributed by atoms with van der Waals surface area (Å²) in [6.07, 6.45) is 0. The first-order valence-electron chi connectivity index (χ1n) is 4.43. The fraction of sp³-hybridized carbons (Fsp3) is 1.00. The predicted octanol–water partition coefficient (Wildman–Crippen LogP) is 1.97. The Morgan fingerprint density at radius 1 is 0.769 bits per heavy atom. The van der Waals surface area contributed by atoms with Crippen LogP contribution in [0.5, 0.6) is 0 Å². The summed E-state index contributed by atoms with van der Waals surface area (Å²) in [5.41, 5.74) is 0. The molecule has 1 rings (SSSR count). The van der Waals surface area contributed by atoms with Gasteiger partial charge in [-0.2, -0.15) is 0 Å². The van der Waals surface area contributed by atoms with Crippen molar-refractivity contribution in [2.24, 2.45) is 0 Å². The third kappa shape index (κ3) is 5.72. The molecule has 0 spiro atoms. The van der Waals surface area contributed by atoms with Crippen molar-refractivity contribution in [3.8, 4) is 0 Å². The summed E-state index contributed by atoms with van der Waals surface area (Å²) in [5, 5.41) is 2.21. The van der Waals surface area contributed by atoms with Gasteiger partial charge in [-0.3, -0.25) is 9.80 Å². The second kappa shape index (κ2) is 8.65. The number of rotatable bonds is 4. The molecule has 0 amide bonds. The number of alkyl halides is 2. The zero-order valence-corrected chi connectivity index (χ0v) is 12.6. The molecule has 2 nitrogen and oxygen atoms in total. The second-order valence-corrected chi connectivity index (χ2v) is 4.65. The SMILES string of the molecule is Br.BrCCN1CCN(CCBr)CC1. The van der Waals surface area contributed by atoms with Gasteiger partial charge in [0.1, 0.15) is 0 Å². The van der Waals surface area contributed by atoms with Crippen LogP contribution in [0.15, 0.2) is 0 Å². The predicted molar refractivity (Wildman–Crippen MR) is 70.8 cm³/mol. The van der Waals surface area contributed by atoms with Crippen LogP contribution in [0.3, 0.4) is 0 Å². The summed E-state index contributed by atoms with van der Waals surface area (Å²) in [6.45, 7) is 7.33. The van der Waals surface area contributed by atoms with Crippen LogP contribution in [0.4, 0.5) is 0 Å². The average Bonchev–Trinajstić information content (AvgIpc) is 2.09. The largest absolute Gasteiger partial charge is 0.300 e. The first-order valence-corrected chi connectivity index (χ1v) is 6.67. The van der Waals surface area contributed by atoms with Gasteiger partial charge in [-0.15, -0.1) is 17.0 Å². The lowest BCUT2D eigenvalue weighted by Gasteiger charge is -2.33. The Hall–Kier alpha value is 1.36. The maximum Gasteiger partial charge on any atom is 0.0159 e. The molecule has 0 saturated carbocycles. The van der Waals surface area contributed by atoms with Crippen molar-refractivity contribution in [1.82, 2.24) is 9.80 Å². The Kier molecular flexibility index (Phi) is 9.56. The molecule has 1 saturated heterocycles. The van der Waals surface area contributed by atoms with E-state index in [0.717, 1.165) is 10.7 Å². The van der Waals surface area contributed by atoms with Crippen LogP contribution in [0.25, 0.3) is 0 Å². The van der Waals surface area contributed by atoms with Crippen LogP contribution < -0.4 is 0 Å². The molecule has 0 radical (unpaired) electrons. The highest BCUT2D eigenvalue weighted by Crippen LogP contribution is 2.02. The van der Waals surface area contributed by atoms with Gasteiger partial charge >= 0.3 is 0 Å². The molecule has 0 N–H and O–H groups in total. The highest BCUT2D eigenvalue weighted by molar-refractivity contribution is 9.09. The maximum atomic E-state index is 3.47. The van der Waals surface area contributed by atoms with Gasteiger partial charge in [-0.1, -0.05) is 31.9 Å². The zero-order valence-electron chi connectivity index (χ0n) is 7.72. The molecule has 1 aliphatic heterocycles. The molecule has 0 aromatic rings. The Bertz CT molecular complexity index is 102. The van der Waals surface area contributed by atoms with E-state index in [0.29, 0.717) is 0 Å². The normalized spacial score (nSPS) is 19.8. The zero-order chi connectivity index (χ0) is 8.81. The molecule has 0 aromatic carbocycles. The van der Waals surface area contributed by atoms with Crippen LogP contribution in [-0.2, 0) is 0 Å². The Labute approximate surface area is 108 Å². The smallest absolute Gasteiger partial charge is 0.0159 e. The van der Waals surface area contributed by atoms with Crippen LogP contribution in [0.2, 0.25) is 0 Å². The summed E-state index contributed by atoms with van der Waals surface area (Å²) in [7, 11) is 0. The minimum Gasteiger partial charge on any atom is -0.300 e. The number of hydrogen-bond acceptors (Lipinski definition) is 2. The quantitative estimate of drug-likeness (QED) is 0.688. The third-order valence-electron chi connectivity index (χ3n) is 2.27. The molecule has 0 atom stereocenters. The summed E-state index contributed by atoms with van der Waals surface area (Å²) in [4.78, 5) is 5.03. The summed E-state index contributed by atoms with van der Waals surface area (Å²) in [6, 6.07) is 0. The van der Waals surface area contributed by atoms with Gasteiger partial charge in [-0.25, -0.2) is 0 Å². The maximum absolute atomic E-state index is 3.47. The van der Waals surface area contributed by atoms with Crippen molar-refractivity contribution < 1.29 is 0 Å². The average molecular weight is 381 g/mol. The van der Waals surface area contributed by atoms with Gasteiger partial charge in [0.15, 0.2) is 0 Å². The number of hydrogen-bond donors (Lipinski definition) is 0. The topological polar surface area (TPSA) is 6.48 Å². The molecule has 5 heteroatoms. The van der Waals surface area contributed by atoms with Crippen molar-refractivity contribution in [2.75, 3.05) is 49.9 Å². The standard InChI is InChI=1S/C8H16Br2N2.BrH/c9-1-3-11-5-7-12(4-2-10)8-6-11;/h1-8H2;1H. The molecule has 0 aliphatic carbocycles. The van der Waals surface area contributed by atoms with E-state index in [2.05, 4.69) is 41.7 Å². The lowest BCUT2D eigenvalue weighted by molar-refractivity contribution is 0.145. The van der Waals surface area contributed by atoms with Gasteiger partial charge in [0, 0.05) is 49.9 Å². The summed E-state index contributed by atoms with van der Waals surface area (Å²) < 4.78 is 0. The first kappa shape index (κ1) is 14.4.